The molecule has 0 aliphatic rings. The summed E-state index contributed by atoms with van der Waals surface area (Å²) in [5.74, 6) is 0.424. The van der Waals surface area contributed by atoms with Gasteiger partial charge in [-0.2, -0.15) is 0 Å². The zero-order chi connectivity index (χ0) is 24.0. The highest BCUT2D eigenvalue weighted by atomic mass is 32.2. The van der Waals surface area contributed by atoms with Gasteiger partial charge in [0.05, 0.1) is 12.0 Å². The molecule has 170 valence electrons. The number of fused-ring (bicyclic) bond motifs is 2. The maximum Gasteiger partial charge on any atom is 0.238 e. The van der Waals surface area contributed by atoms with Crippen molar-refractivity contribution in [2.45, 2.75) is 4.90 Å². The van der Waals surface area contributed by atoms with Crippen LogP contribution in [-0.4, -0.2) is 25.7 Å². The van der Waals surface area contributed by atoms with Gasteiger partial charge in [0.15, 0.2) is 0 Å². The fourth-order valence-electron chi connectivity index (χ4n) is 4.41. The summed E-state index contributed by atoms with van der Waals surface area (Å²) < 4.78 is 30.3. The topological polar surface area (TPSA) is 110 Å². The molecule has 6 nitrogen and oxygen atoms in total. The zero-order valence-corrected chi connectivity index (χ0v) is 19.0. The fourth-order valence-corrected chi connectivity index (χ4v) is 5.14. The van der Waals surface area contributed by atoms with Gasteiger partial charge < -0.3 is 14.9 Å². The van der Waals surface area contributed by atoms with Gasteiger partial charge >= 0.3 is 0 Å². The van der Waals surface area contributed by atoms with Crippen LogP contribution in [0.3, 0.4) is 0 Å². The number of hydrogen-bond donors (Lipinski definition) is 3. The van der Waals surface area contributed by atoms with Crippen LogP contribution >= 0.6 is 0 Å². The monoisotopic (exact) mass is 471 g/mol. The molecule has 0 aliphatic heterocycles. The lowest BCUT2D eigenvalue weighted by atomic mass is 9.89. The molecule has 0 unspecified atom stereocenters. The molecule has 7 heteroatoms. The molecule has 5 aromatic rings. The highest BCUT2D eigenvalue weighted by Crippen LogP contribution is 2.47. The Morgan fingerprint density at radius 1 is 0.735 bits per heavy atom. The Labute approximate surface area is 196 Å². The van der Waals surface area contributed by atoms with E-state index in [1.54, 1.807) is 48.5 Å². The van der Waals surface area contributed by atoms with E-state index in [0.29, 0.717) is 38.8 Å². The minimum atomic E-state index is -4.07. The van der Waals surface area contributed by atoms with Crippen LogP contribution in [0.2, 0.25) is 0 Å². The Morgan fingerprint density at radius 2 is 1.41 bits per heavy atom. The first-order valence-corrected chi connectivity index (χ1v) is 12.0. The third-order valence-corrected chi connectivity index (χ3v) is 6.94. The standard InChI is InChI=1S/C27H21NO5S/c1-33-17-11-13-25(34(28,31)32)22(14-17)21-15-23(27(30)20-9-5-4-8-19(20)21)26-18-7-3-2-6-16(18)10-12-24(26)29/h2-15,29-30H,1H3,(H2,28,31,32). The van der Waals surface area contributed by atoms with Gasteiger partial charge in [-0.15, -0.1) is 0 Å². The summed E-state index contributed by atoms with van der Waals surface area (Å²) in [5.41, 5.74) is 1.67. The fraction of sp³-hybridized carbons (Fsp3) is 0.0370. The third kappa shape index (κ3) is 3.51. The van der Waals surface area contributed by atoms with E-state index >= 15 is 0 Å². The van der Waals surface area contributed by atoms with E-state index < -0.39 is 10.0 Å². The lowest BCUT2D eigenvalue weighted by Crippen LogP contribution is -2.13. The molecule has 34 heavy (non-hydrogen) atoms. The SMILES string of the molecule is COc1ccc(S(N)(=O)=O)c(-c2cc(-c3c(O)ccc4ccccc34)c(O)c3ccccc23)c1. The number of primary sulfonamides is 1. The second kappa shape index (κ2) is 8.06. The minimum Gasteiger partial charge on any atom is -0.507 e. The van der Waals surface area contributed by atoms with Crippen LogP contribution in [0.1, 0.15) is 0 Å². The normalized spacial score (nSPS) is 11.7. The maximum atomic E-state index is 12.5. The van der Waals surface area contributed by atoms with Crippen molar-refractivity contribution in [3.63, 3.8) is 0 Å². The van der Waals surface area contributed by atoms with E-state index in [2.05, 4.69) is 0 Å². The molecule has 0 saturated heterocycles. The van der Waals surface area contributed by atoms with E-state index in [1.807, 2.05) is 24.3 Å². The minimum absolute atomic E-state index is 0.00690. The van der Waals surface area contributed by atoms with Crippen molar-refractivity contribution in [2.24, 2.45) is 5.14 Å². The van der Waals surface area contributed by atoms with Crippen molar-refractivity contribution in [1.82, 2.24) is 0 Å². The number of benzene rings is 5. The van der Waals surface area contributed by atoms with Gasteiger partial charge in [-0.3, -0.25) is 0 Å². The van der Waals surface area contributed by atoms with Crippen molar-refractivity contribution < 1.29 is 23.4 Å². The lowest BCUT2D eigenvalue weighted by Gasteiger charge is -2.18. The molecule has 0 bridgehead atoms. The Hall–Kier alpha value is -4.07. The summed E-state index contributed by atoms with van der Waals surface area (Å²) in [4.78, 5) is -0.0720. The first-order valence-electron chi connectivity index (χ1n) is 10.5. The predicted molar refractivity (Wildman–Crippen MR) is 134 cm³/mol. The molecule has 0 aromatic heterocycles. The number of aromatic hydroxyl groups is 2. The van der Waals surface area contributed by atoms with Crippen LogP contribution in [0.25, 0.3) is 43.8 Å². The number of phenolic OH excluding ortho intramolecular Hbond substituents is 2. The van der Waals surface area contributed by atoms with Crippen molar-refractivity contribution >= 4 is 31.6 Å². The number of nitrogens with two attached hydrogens (primary N) is 1. The highest BCUT2D eigenvalue weighted by Gasteiger charge is 2.22. The van der Waals surface area contributed by atoms with E-state index in [9.17, 15) is 18.6 Å². The summed E-state index contributed by atoms with van der Waals surface area (Å²) in [5, 5.41) is 30.5. The van der Waals surface area contributed by atoms with Gasteiger partial charge in [-0.25, -0.2) is 13.6 Å². The van der Waals surface area contributed by atoms with Gasteiger partial charge in [0.2, 0.25) is 10.0 Å². The van der Waals surface area contributed by atoms with Crippen LogP contribution in [0.4, 0.5) is 0 Å². The van der Waals surface area contributed by atoms with Crippen LogP contribution in [-0.2, 0) is 10.0 Å². The van der Waals surface area contributed by atoms with E-state index in [-0.39, 0.29) is 16.4 Å². The Bertz CT molecular complexity index is 1690. The Morgan fingerprint density at radius 3 is 2.12 bits per heavy atom. The molecule has 5 rings (SSSR count). The van der Waals surface area contributed by atoms with Gasteiger partial charge in [0.25, 0.3) is 0 Å². The average Bonchev–Trinajstić information content (AvgIpc) is 2.84. The molecule has 0 radical (unpaired) electrons. The first-order chi connectivity index (χ1) is 16.3. The molecule has 4 N–H and O–H groups in total. The molecular weight excluding hydrogens is 450 g/mol. The van der Waals surface area contributed by atoms with Gasteiger partial charge in [-0.1, -0.05) is 54.6 Å². The molecule has 0 saturated carbocycles. The van der Waals surface area contributed by atoms with Gasteiger partial charge in [0.1, 0.15) is 17.2 Å². The number of phenols is 2. The van der Waals surface area contributed by atoms with Crippen molar-refractivity contribution in [2.75, 3.05) is 7.11 Å². The van der Waals surface area contributed by atoms with Crippen LogP contribution in [0.15, 0.2) is 89.8 Å². The average molecular weight is 472 g/mol. The summed E-state index contributed by atoms with van der Waals surface area (Å²) >= 11 is 0. The summed E-state index contributed by atoms with van der Waals surface area (Å²) in [6.45, 7) is 0. The predicted octanol–water partition coefficient (Wildman–Crippen LogP) is 5.39. The largest absolute Gasteiger partial charge is 0.507 e. The third-order valence-electron chi connectivity index (χ3n) is 5.98. The molecule has 0 atom stereocenters. The molecule has 0 fully saturated rings. The van der Waals surface area contributed by atoms with E-state index in [0.717, 1.165) is 10.8 Å². The molecule has 0 heterocycles. The summed E-state index contributed by atoms with van der Waals surface area (Å²) in [6, 6.07) is 24.2. The maximum absolute atomic E-state index is 12.5. The van der Waals surface area contributed by atoms with Crippen LogP contribution in [0, 0.1) is 0 Å². The number of methoxy groups -OCH3 is 1. The van der Waals surface area contributed by atoms with Crippen LogP contribution < -0.4 is 9.88 Å². The lowest BCUT2D eigenvalue weighted by molar-refractivity contribution is 0.414. The molecular formula is C27H21NO5S. The second-order valence-corrected chi connectivity index (χ2v) is 9.48. The zero-order valence-electron chi connectivity index (χ0n) is 18.2. The molecule has 0 amide bonds. The summed E-state index contributed by atoms with van der Waals surface area (Å²) in [7, 11) is -2.58. The first kappa shape index (κ1) is 21.8. The molecule has 0 spiro atoms. The van der Waals surface area contributed by atoms with Crippen molar-refractivity contribution in [1.29, 1.82) is 0 Å². The Balaban J connectivity index is 1.95. The molecule has 0 aliphatic carbocycles. The smallest absolute Gasteiger partial charge is 0.238 e. The van der Waals surface area contributed by atoms with E-state index in [1.165, 1.54) is 19.2 Å². The van der Waals surface area contributed by atoms with Crippen LogP contribution in [0.5, 0.6) is 17.2 Å². The van der Waals surface area contributed by atoms with E-state index in [4.69, 9.17) is 9.88 Å². The second-order valence-electron chi connectivity index (χ2n) is 7.95. The summed E-state index contributed by atoms with van der Waals surface area (Å²) in [6.07, 6.45) is 0. The number of rotatable bonds is 4. The van der Waals surface area contributed by atoms with Gasteiger partial charge in [-0.05, 0) is 52.1 Å². The molecule has 5 aromatic carbocycles. The number of ether oxygens (including phenoxy) is 1. The Kier molecular flexibility index (Phi) is 5.16. The van der Waals surface area contributed by atoms with Gasteiger partial charge in [0, 0.05) is 22.1 Å². The quantitative estimate of drug-likeness (QED) is 0.325. The highest BCUT2D eigenvalue weighted by molar-refractivity contribution is 7.89. The number of hydrogen-bond acceptors (Lipinski definition) is 5. The van der Waals surface area contributed by atoms with Crippen molar-refractivity contribution in [3.8, 4) is 39.5 Å². The number of sulfonamides is 1. The van der Waals surface area contributed by atoms with Crippen molar-refractivity contribution in [3.05, 3.63) is 84.9 Å².